The fourth-order valence-corrected chi connectivity index (χ4v) is 2.34. The lowest BCUT2D eigenvalue weighted by molar-refractivity contribution is -0.0493. The lowest BCUT2D eigenvalue weighted by Gasteiger charge is -2.29. The van der Waals surface area contributed by atoms with Crippen LogP contribution in [0, 0.1) is 5.92 Å². The Hall–Kier alpha value is -1.32. The smallest absolute Gasteiger partial charge is 0.387 e. The van der Waals surface area contributed by atoms with Crippen LogP contribution in [-0.4, -0.2) is 12.7 Å². The molecule has 0 saturated heterocycles. The van der Waals surface area contributed by atoms with Crippen LogP contribution in [0.4, 0.5) is 14.5 Å². The van der Waals surface area contributed by atoms with E-state index in [1.54, 1.807) is 18.2 Å². The van der Waals surface area contributed by atoms with E-state index in [9.17, 15) is 8.78 Å². The predicted octanol–water partition coefficient (Wildman–Crippen LogP) is 4.28. The van der Waals surface area contributed by atoms with Crippen molar-refractivity contribution >= 4 is 5.69 Å². The van der Waals surface area contributed by atoms with E-state index in [0.29, 0.717) is 5.69 Å². The van der Waals surface area contributed by atoms with Gasteiger partial charge in [-0.3, -0.25) is 0 Å². The maximum Gasteiger partial charge on any atom is 0.387 e. The Morgan fingerprint density at radius 2 is 2.06 bits per heavy atom. The third kappa shape index (κ3) is 3.59. The molecule has 1 fully saturated rings. The molecule has 1 atom stereocenters. The molecule has 2 rings (SSSR count). The van der Waals surface area contributed by atoms with Gasteiger partial charge in [-0.05, 0) is 31.4 Å². The summed E-state index contributed by atoms with van der Waals surface area (Å²) in [5.41, 5.74) is 0.643. The first-order chi connectivity index (χ1) is 8.65. The largest absolute Gasteiger partial charge is 0.433 e. The first-order valence-corrected chi connectivity index (χ1v) is 6.45. The third-order valence-corrected chi connectivity index (χ3v) is 3.42. The summed E-state index contributed by atoms with van der Waals surface area (Å²) in [5, 5.41) is 3.26. The number of nitrogens with one attached hydrogen (secondary N) is 1. The molecular weight excluding hydrogens is 236 g/mol. The van der Waals surface area contributed by atoms with E-state index in [1.807, 2.05) is 6.07 Å². The molecule has 0 aromatic heterocycles. The highest BCUT2D eigenvalue weighted by Crippen LogP contribution is 2.32. The molecule has 0 radical (unpaired) electrons. The summed E-state index contributed by atoms with van der Waals surface area (Å²) in [7, 11) is 0. The fraction of sp³-hybridized carbons (Fsp3) is 0.571. The second kappa shape index (κ2) is 6.03. The van der Waals surface area contributed by atoms with Gasteiger partial charge < -0.3 is 10.1 Å². The van der Waals surface area contributed by atoms with Crippen LogP contribution < -0.4 is 10.1 Å². The number of anilines is 1. The van der Waals surface area contributed by atoms with Gasteiger partial charge in [-0.2, -0.15) is 8.78 Å². The normalized spacial score (nSPS) is 17.3. The average molecular weight is 255 g/mol. The lowest BCUT2D eigenvalue weighted by atomic mass is 9.81. The number of benzene rings is 1. The summed E-state index contributed by atoms with van der Waals surface area (Å²) in [6.45, 7) is -0.702. The molecular formula is C14H19F2NO. The minimum Gasteiger partial charge on any atom is -0.433 e. The Balaban J connectivity index is 1.94. The van der Waals surface area contributed by atoms with Gasteiger partial charge in [-0.25, -0.2) is 0 Å². The van der Waals surface area contributed by atoms with Crippen molar-refractivity contribution in [2.75, 3.05) is 5.32 Å². The van der Waals surface area contributed by atoms with Crippen LogP contribution in [0.25, 0.3) is 0 Å². The maximum absolute atomic E-state index is 12.3. The van der Waals surface area contributed by atoms with Crippen molar-refractivity contribution in [3.8, 4) is 5.75 Å². The Morgan fingerprint density at radius 3 is 2.67 bits per heavy atom. The SMILES string of the molecule is CC(CC1CCC1)Nc1ccccc1OC(F)F. The van der Waals surface area contributed by atoms with Gasteiger partial charge in [0.15, 0.2) is 0 Å². The summed E-state index contributed by atoms with van der Waals surface area (Å²) in [6, 6.07) is 7.12. The van der Waals surface area contributed by atoms with Crippen molar-refractivity contribution in [1.29, 1.82) is 0 Å². The zero-order valence-corrected chi connectivity index (χ0v) is 10.5. The van der Waals surface area contributed by atoms with Crippen molar-refractivity contribution < 1.29 is 13.5 Å². The Bertz CT molecular complexity index is 380. The molecule has 1 aromatic rings. The fourth-order valence-electron chi connectivity index (χ4n) is 2.34. The van der Waals surface area contributed by atoms with Crippen molar-refractivity contribution in [2.24, 2.45) is 5.92 Å². The minimum atomic E-state index is -2.78. The Kier molecular flexibility index (Phi) is 4.39. The van der Waals surface area contributed by atoms with Gasteiger partial charge >= 0.3 is 6.61 Å². The Labute approximate surface area is 106 Å². The van der Waals surface area contributed by atoms with Crippen molar-refractivity contribution in [1.82, 2.24) is 0 Å². The highest BCUT2D eigenvalue weighted by Gasteiger charge is 2.20. The van der Waals surface area contributed by atoms with Gasteiger partial charge in [0.1, 0.15) is 5.75 Å². The summed E-state index contributed by atoms with van der Waals surface area (Å²) in [5.74, 6) is 1.00. The van der Waals surface area contributed by atoms with E-state index >= 15 is 0 Å². The van der Waals surface area contributed by atoms with Crippen LogP contribution in [0.15, 0.2) is 24.3 Å². The first kappa shape index (κ1) is 13.1. The average Bonchev–Trinajstić information content (AvgIpc) is 2.26. The first-order valence-electron chi connectivity index (χ1n) is 6.45. The van der Waals surface area contributed by atoms with Crippen molar-refractivity contribution in [2.45, 2.75) is 45.3 Å². The molecule has 0 amide bonds. The summed E-state index contributed by atoms with van der Waals surface area (Å²) in [6.07, 6.45) is 4.99. The van der Waals surface area contributed by atoms with Crippen LogP contribution in [-0.2, 0) is 0 Å². The van der Waals surface area contributed by atoms with Crippen LogP contribution in [0.5, 0.6) is 5.75 Å². The van der Waals surface area contributed by atoms with Crippen LogP contribution in [0.3, 0.4) is 0 Å². The van der Waals surface area contributed by atoms with Crippen molar-refractivity contribution in [3.63, 3.8) is 0 Å². The van der Waals surface area contributed by atoms with E-state index in [1.165, 1.54) is 19.3 Å². The molecule has 1 saturated carbocycles. The van der Waals surface area contributed by atoms with Gasteiger partial charge in [0.25, 0.3) is 0 Å². The third-order valence-electron chi connectivity index (χ3n) is 3.42. The zero-order chi connectivity index (χ0) is 13.0. The molecule has 1 aliphatic carbocycles. The zero-order valence-electron chi connectivity index (χ0n) is 10.5. The number of alkyl halides is 2. The van der Waals surface area contributed by atoms with E-state index in [4.69, 9.17) is 0 Å². The molecule has 0 spiro atoms. The van der Waals surface area contributed by atoms with Crippen LogP contribution in [0.2, 0.25) is 0 Å². The standard InChI is InChI=1S/C14H19F2NO/c1-10(9-11-5-4-6-11)17-12-7-2-3-8-13(12)18-14(15)16/h2-3,7-8,10-11,14,17H,4-6,9H2,1H3. The number of halogens is 2. The number of hydrogen-bond donors (Lipinski definition) is 1. The highest BCUT2D eigenvalue weighted by atomic mass is 19.3. The van der Waals surface area contributed by atoms with Crippen molar-refractivity contribution in [3.05, 3.63) is 24.3 Å². The molecule has 100 valence electrons. The molecule has 1 unspecified atom stereocenters. The van der Waals surface area contributed by atoms with Gasteiger partial charge in [0.2, 0.25) is 0 Å². The van der Waals surface area contributed by atoms with Crippen LogP contribution >= 0.6 is 0 Å². The van der Waals surface area contributed by atoms with Gasteiger partial charge in [-0.1, -0.05) is 31.4 Å². The summed E-state index contributed by atoms with van der Waals surface area (Å²) in [4.78, 5) is 0. The predicted molar refractivity (Wildman–Crippen MR) is 68.1 cm³/mol. The monoisotopic (exact) mass is 255 g/mol. The molecule has 1 aliphatic rings. The molecule has 0 bridgehead atoms. The molecule has 18 heavy (non-hydrogen) atoms. The number of ether oxygens (including phenoxy) is 1. The molecule has 1 N–H and O–H groups in total. The number of rotatable bonds is 6. The van der Waals surface area contributed by atoms with Gasteiger partial charge in [0, 0.05) is 6.04 Å². The van der Waals surface area contributed by atoms with Gasteiger partial charge in [0.05, 0.1) is 5.69 Å². The second-order valence-corrected chi connectivity index (χ2v) is 4.95. The van der Waals surface area contributed by atoms with Gasteiger partial charge in [-0.15, -0.1) is 0 Å². The highest BCUT2D eigenvalue weighted by molar-refractivity contribution is 5.56. The molecule has 4 heteroatoms. The van der Waals surface area contributed by atoms with E-state index in [2.05, 4.69) is 17.0 Å². The van der Waals surface area contributed by atoms with E-state index in [0.717, 1.165) is 12.3 Å². The Morgan fingerprint density at radius 1 is 1.33 bits per heavy atom. The minimum absolute atomic E-state index is 0.216. The molecule has 1 aromatic carbocycles. The number of para-hydroxylation sites is 2. The molecule has 2 nitrogen and oxygen atoms in total. The van der Waals surface area contributed by atoms with E-state index < -0.39 is 6.61 Å². The lowest BCUT2D eigenvalue weighted by Crippen LogP contribution is -2.23. The quantitative estimate of drug-likeness (QED) is 0.819. The summed E-state index contributed by atoms with van der Waals surface area (Å²) >= 11 is 0. The molecule has 0 aliphatic heterocycles. The maximum atomic E-state index is 12.3. The van der Waals surface area contributed by atoms with Crippen LogP contribution in [0.1, 0.15) is 32.6 Å². The summed E-state index contributed by atoms with van der Waals surface area (Å²) < 4.78 is 29.0. The number of hydrogen-bond acceptors (Lipinski definition) is 2. The topological polar surface area (TPSA) is 21.3 Å². The second-order valence-electron chi connectivity index (χ2n) is 4.95. The molecule has 0 heterocycles. The van der Waals surface area contributed by atoms with E-state index in [-0.39, 0.29) is 11.8 Å².